The van der Waals surface area contributed by atoms with Crippen LogP contribution in [0.5, 0.6) is 0 Å². The number of hydrogen-bond donors (Lipinski definition) is 3. The summed E-state index contributed by atoms with van der Waals surface area (Å²) in [5, 5.41) is 0. The molecule has 0 aliphatic heterocycles. The molecule has 9 nitrogen and oxygen atoms in total. The third-order valence-electron chi connectivity index (χ3n) is 1.71. The number of hydrogen-bond acceptors (Lipinski definition) is 6. The lowest BCUT2D eigenvalue weighted by Crippen LogP contribution is -2.21. The molecule has 0 saturated heterocycles. The fourth-order valence-corrected chi connectivity index (χ4v) is 1.40. The zero-order valence-electron chi connectivity index (χ0n) is 12.1. The number of benzene rings is 1. The zero-order valence-corrected chi connectivity index (χ0v) is 16.9. The van der Waals surface area contributed by atoms with Crippen molar-refractivity contribution < 1.29 is 52.1 Å². The second-order valence-electron chi connectivity index (χ2n) is 3.91. The molecule has 0 spiro atoms. The van der Waals surface area contributed by atoms with Crippen LogP contribution in [-0.4, -0.2) is 48.0 Å². The highest BCUT2D eigenvalue weighted by Crippen LogP contribution is 2.20. The molecule has 1 aromatic rings. The minimum atomic E-state index is -5.84. The predicted octanol–water partition coefficient (Wildman–Crippen LogP) is 2.26. The third-order valence-corrected chi connectivity index (χ3v) is 5.54. The average Bonchev–Trinajstić information content (AvgIpc) is 2.35. The van der Waals surface area contributed by atoms with Crippen LogP contribution in [0.4, 0.5) is 13.2 Å². The molecule has 1 rings (SSSR count). The SMILES string of the molecule is O=S(=O)(O)C(Cl)Br.O=S(=O)(O)C(F)(F)F.O=S(=O)(O)Cc1ccccc1. The molecular formula is C9H11BrClF3O9S3. The summed E-state index contributed by atoms with van der Waals surface area (Å²) in [4.78, 5) is 0. The zero-order chi connectivity index (χ0) is 21.4. The molecule has 0 fully saturated rings. The standard InChI is InChI=1S/C7H8O3S.CH2BrClO3S.CHF3O3S/c8-11(9,10)6-7-4-2-1-3-5-7;2-1(3)7(4,5)6;2-1(3,4)8(5,6)7/h1-5H,6H2,(H,8,9,10);1H,(H,4,5,6);(H,5,6,7). The fraction of sp³-hybridized carbons (Fsp3) is 0.333. The van der Waals surface area contributed by atoms with Gasteiger partial charge >= 0.3 is 15.6 Å². The molecule has 3 N–H and O–H groups in total. The van der Waals surface area contributed by atoms with Crippen molar-refractivity contribution in [2.75, 3.05) is 0 Å². The van der Waals surface area contributed by atoms with Crippen LogP contribution < -0.4 is 0 Å². The summed E-state index contributed by atoms with van der Waals surface area (Å²) in [5.74, 6) is -0.312. The summed E-state index contributed by atoms with van der Waals surface area (Å²) < 4.78 is 113. The van der Waals surface area contributed by atoms with Gasteiger partial charge in [-0.05, 0) is 5.56 Å². The summed E-state index contributed by atoms with van der Waals surface area (Å²) in [6.45, 7) is 0. The minimum absolute atomic E-state index is 0.312. The van der Waals surface area contributed by atoms with E-state index in [0.717, 1.165) is 0 Å². The number of halogens is 5. The summed E-state index contributed by atoms with van der Waals surface area (Å²) in [6.07, 6.45) is 0. The predicted molar refractivity (Wildman–Crippen MR) is 89.4 cm³/mol. The van der Waals surface area contributed by atoms with Gasteiger partial charge in [-0.2, -0.15) is 38.4 Å². The first-order chi connectivity index (χ1) is 11.3. The van der Waals surface area contributed by atoms with Crippen molar-refractivity contribution in [2.24, 2.45) is 0 Å². The molecule has 154 valence electrons. The molecule has 0 bridgehead atoms. The van der Waals surface area contributed by atoms with E-state index in [1.165, 1.54) is 0 Å². The molecule has 0 aliphatic rings. The maximum atomic E-state index is 10.7. The molecule has 0 amide bonds. The van der Waals surface area contributed by atoms with Crippen molar-refractivity contribution in [1.82, 2.24) is 0 Å². The van der Waals surface area contributed by atoms with Gasteiger partial charge in [0.05, 0.1) is 0 Å². The average molecular weight is 532 g/mol. The van der Waals surface area contributed by atoms with Crippen LogP contribution in [0.15, 0.2) is 30.3 Å². The smallest absolute Gasteiger partial charge is 0.285 e. The number of rotatable bonds is 3. The van der Waals surface area contributed by atoms with E-state index in [-0.39, 0.29) is 5.75 Å². The lowest BCUT2D eigenvalue weighted by atomic mass is 10.2. The first-order valence-corrected chi connectivity index (χ1v) is 11.4. The maximum Gasteiger partial charge on any atom is 0.522 e. The Balaban J connectivity index is 0. The largest absolute Gasteiger partial charge is 0.522 e. The van der Waals surface area contributed by atoms with Crippen molar-refractivity contribution in [2.45, 2.75) is 14.9 Å². The van der Waals surface area contributed by atoms with Gasteiger partial charge in [-0.3, -0.25) is 13.7 Å². The van der Waals surface area contributed by atoms with Crippen LogP contribution >= 0.6 is 27.5 Å². The van der Waals surface area contributed by atoms with Gasteiger partial charge in [-0.1, -0.05) is 57.9 Å². The van der Waals surface area contributed by atoms with E-state index >= 15 is 0 Å². The Labute approximate surface area is 160 Å². The fourth-order valence-electron chi connectivity index (χ4n) is 0.785. The lowest BCUT2D eigenvalue weighted by molar-refractivity contribution is -0.0510. The molecule has 17 heteroatoms. The second-order valence-corrected chi connectivity index (χ2v) is 11.0. The van der Waals surface area contributed by atoms with Crippen LogP contribution in [0, 0.1) is 0 Å². The van der Waals surface area contributed by atoms with Gasteiger partial charge in [0.2, 0.25) is 3.62 Å². The summed E-state index contributed by atoms with van der Waals surface area (Å²) in [5.41, 5.74) is -4.94. The Hall–Kier alpha value is -0.490. The topological polar surface area (TPSA) is 163 Å². The van der Waals surface area contributed by atoms with Gasteiger partial charge in [0.15, 0.2) is 0 Å². The van der Waals surface area contributed by atoms with E-state index in [9.17, 15) is 30.0 Å². The van der Waals surface area contributed by atoms with Crippen LogP contribution in [0.2, 0.25) is 0 Å². The van der Waals surface area contributed by atoms with Gasteiger partial charge in [-0.15, -0.1) is 0 Å². The van der Waals surface area contributed by atoms with E-state index in [1.807, 2.05) is 0 Å². The van der Waals surface area contributed by atoms with Crippen LogP contribution in [-0.2, 0) is 36.1 Å². The van der Waals surface area contributed by atoms with Gasteiger partial charge in [0, 0.05) is 0 Å². The molecule has 0 heterocycles. The molecular weight excluding hydrogens is 521 g/mol. The highest BCUT2D eigenvalue weighted by Gasteiger charge is 2.44. The van der Waals surface area contributed by atoms with Crippen molar-refractivity contribution in [3.8, 4) is 0 Å². The number of alkyl halides is 5. The van der Waals surface area contributed by atoms with E-state index in [0.29, 0.717) is 5.56 Å². The van der Waals surface area contributed by atoms with Crippen LogP contribution in [0.1, 0.15) is 5.56 Å². The first-order valence-electron chi connectivity index (χ1n) is 5.54. The molecule has 1 unspecified atom stereocenters. The molecule has 0 aliphatic carbocycles. The van der Waals surface area contributed by atoms with E-state index in [1.54, 1.807) is 30.3 Å². The Morgan fingerprint density at radius 1 is 0.962 bits per heavy atom. The quantitative estimate of drug-likeness (QED) is 0.301. The Morgan fingerprint density at radius 3 is 1.46 bits per heavy atom. The Bertz CT molecular complexity index is 853. The van der Waals surface area contributed by atoms with E-state index < -0.39 is 39.5 Å². The van der Waals surface area contributed by atoms with Crippen molar-refractivity contribution >= 4 is 57.9 Å². The summed E-state index contributed by atoms with van der Waals surface area (Å²) >= 11 is 7.25. The third kappa shape index (κ3) is 15.7. The van der Waals surface area contributed by atoms with E-state index in [2.05, 4.69) is 15.9 Å². The monoisotopic (exact) mass is 530 g/mol. The van der Waals surface area contributed by atoms with Gasteiger partial charge in [0.1, 0.15) is 5.75 Å². The normalized spacial score (nSPS) is 13.5. The van der Waals surface area contributed by atoms with Crippen molar-refractivity contribution in [3.05, 3.63) is 35.9 Å². The maximum absolute atomic E-state index is 10.7. The van der Waals surface area contributed by atoms with Crippen LogP contribution in [0.25, 0.3) is 0 Å². The molecule has 26 heavy (non-hydrogen) atoms. The van der Waals surface area contributed by atoms with Crippen molar-refractivity contribution in [1.29, 1.82) is 0 Å². The molecule has 1 atom stereocenters. The van der Waals surface area contributed by atoms with E-state index in [4.69, 9.17) is 33.7 Å². The minimum Gasteiger partial charge on any atom is -0.285 e. The van der Waals surface area contributed by atoms with Gasteiger partial charge in [-0.25, -0.2) is 0 Å². The lowest BCUT2D eigenvalue weighted by Gasteiger charge is -1.97. The van der Waals surface area contributed by atoms with Gasteiger partial charge < -0.3 is 0 Å². The highest BCUT2D eigenvalue weighted by atomic mass is 79.9. The Morgan fingerprint density at radius 2 is 1.27 bits per heavy atom. The van der Waals surface area contributed by atoms with Crippen molar-refractivity contribution in [3.63, 3.8) is 0 Å². The summed E-state index contributed by atoms with van der Waals surface area (Å²) in [7, 11) is -13.8. The molecule has 0 saturated carbocycles. The van der Waals surface area contributed by atoms with Gasteiger partial charge in [0.25, 0.3) is 20.2 Å². The molecule has 1 aromatic carbocycles. The molecule has 0 aromatic heterocycles. The van der Waals surface area contributed by atoms with Crippen LogP contribution in [0.3, 0.4) is 0 Å². The first kappa shape index (κ1) is 27.7. The highest BCUT2D eigenvalue weighted by molar-refractivity contribution is 9.11. The summed E-state index contributed by atoms with van der Waals surface area (Å²) in [6, 6.07) is 8.52. The molecule has 0 radical (unpaired) electrons. The second kappa shape index (κ2) is 10.7. The Kier molecular flexibility index (Phi) is 11.5.